The van der Waals surface area contributed by atoms with Crippen molar-refractivity contribution in [1.82, 2.24) is 5.16 Å². The molecule has 0 aliphatic heterocycles. The number of amides is 1. The van der Waals surface area contributed by atoms with E-state index in [1.165, 1.54) is 5.56 Å². The van der Waals surface area contributed by atoms with Crippen molar-refractivity contribution in [2.75, 3.05) is 11.1 Å². The van der Waals surface area contributed by atoms with Crippen molar-refractivity contribution in [3.05, 3.63) is 46.8 Å². The van der Waals surface area contributed by atoms with Crippen LogP contribution in [0.3, 0.4) is 0 Å². The van der Waals surface area contributed by atoms with Crippen molar-refractivity contribution < 1.29 is 9.32 Å². The fourth-order valence-electron chi connectivity index (χ4n) is 2.10. The van der Waals surface area contributed by atoms with Crippen LogP contribution in [0.4, 0.5) is 5.69 Å². The first-order valence-corrected chi connectivity index (χ1v) is 8.52. The summed E-state index contributed by atoms with van der Waals surface area (Å²) < 4.78 is 5.12. The minimum absolute atomic E-state index is 0.00839. The van der Waals surface area contributed by atoms with Gasteiger partial charge in [-0.05, 0) is 37.5 Å². The van der Waals surface area contributed by atoms with Gasteiger partial charge in [0.15, 0.2) is 0 Å². The fraction of sp³-hybridized carbons (Fsp3) is 0.412. The molecule has 0 atom stereocenters. The lowest BCUT2D eigenvalue weighted by atomic mass is 10.0. The number of anilines is 1. The summed E-state index contributed by atoms with van der Waals surface area (Å²) in [5.74, 6) is 2.48. The highest BCUT2D eigenvalue weighted by atomic mass is 32.2. The molecule has 1 aromatic heterocycles. The van der Waals surface area contributed by atoms with E-state index >= 15 is 0 Å². The number of benzene rings is 1. The maximum Gasteiger partial charge on any atom is 0.234 e. The van der Waals surface area contributed by atoms with E-state index in [-0.39, 0.29) is 5.91 Å². The minimum Gasteiger partial charge on any atom is -0.361 e. The van der Waals surface area contributed by atoms with Gasteiger partial charge in [0.05, 0.1) is 11.4 Å². The van der Waals surface area contributed by atoms with Crippen LogP contribution in [0.15, 0.2) is 28.8 Å². The number of rotatable bonds is 6. The summed E-state index contributed by atoms with van der Waals surface area (Å²) in [5, 5.41) is 6.83. The standard InChI is InChI=1S/C17H22N2O2S/c1-11(2)14-5-7-15(8-6-14)18-17(20)10-22-9-16-12(3)19-21-13(16)4/h5-8,11H,9-10H2,1-4H3,(H,18,20). The Morgan fingerprint density at radius 1 is 1.27 bits per heavy atom. The van der Waals surface area contributed by atoms with Gasteiger partial charge in [0.1, 0.15) is 5.76 Å². The molecule has 1 amide bonds. The highest BCUT2D eigenvalue weighted by Crippen LogP contribution is 2.20. The third-order valence-electron chi connectivity index (χ3n) is 3.52. The smallest absolute Gasteiger partial charge is 0.234 e. The first-order valence-electron chi connectivity index (χ1n) is 7.36. The van der Waals surface area contributed by atoms with Crippen molar-refractivity contribution in [1.29, 1.82) is 0 Å². The van der Waals surface area contributed by atoms with E-state index in [0.29, 0.717) is 11.7 Å². The summed E-state index contributed by atoms with van der Waals surface area (Å²) >= 11 is 1.56. The van der Waals surface area contributed by atoms with E-state index in [0.717, 1.165) is 28.5 Å². The Balaban J connectivity index is 1.80. The highest BCUT2D eigenvalue weighted by molar-refractivity contribution is 7.99. The van der Waals surface area contributed by atoms with Crippen LogP contribution >= 0.6 is 11.8 Å². The molecule has 118 valence electrons. The predicted octanol–water partition coefficient (Wildman–Crippen LogP) is 4.29. The van der Waals surface area contributed by atoms with Crippen LogP contribution in [-0.4, -0.2) is 16.8 Å². The third-order valence-corrected chi connectivity index (χ3v) is 4.48. The fourth-order valence-corrected chi connectivity index (χ4v) is 3.08. The van der Waals surface area contributed by atoms with Gasteiger partial charge < -0.3 is 9.84 Å². The molecule has 1 N–H and O–H groups in total. The topological polar surface area (TPSA) is 55.1 Å². The molecule has 0 aliphatic rings. The van der Waals surface area contributed by atoms with Crippen molar-refractivity contribution in [2.24, 2.45) is 0 Å². The van der Waals surface area contributed by atoms with Crippen LogP contribution in [0, 0.1) is 13.8 Å². The molecule has 1 aromatic carbocycles. The average Bonchev–Trinajstić information content (AvgIpc) is 2.79. The maximum atomic E-state index is 12.0. The second-order valence-electron chi connectivity index (χ2n) is 5.62. The predicted molar refractivity (Wildman–Crippen MR) is 91.3 cm³/mol. The van der Waals surface area contributed by atoms with Crippen LogP contribution < -0.4 is 5.32 Å². The Morgan fingerprint density at radius 2 is 1.95 bits per heavy atom. The summed E-state index contributed by atoms with van der Waals surface area (Å²) in [5.41, 5.74) is 4.09. The Labute approximate surface area is 135 Å². The molecule has 0 spiro atoms. The van der Waals surface area contributed by atoms with Crippen LogP contribution in [0.1, 0.15) is 42.3 Å². The molecule has 0 radical (unpaired) electrons. The van der Waals surface area contributed by atoms with Gasteiger partial charge in [0.25, 0.3) is 0 Å². The second-order valence-corrected chi connectivity index (χ2v) is 6.61. The summed E-state index contributed by atoms with van der Waals surface area (Å²) in [6.07, 6.45) is 0. The molecule has 0 saturated carbocycles. The monoisotopic (exact) mass is 318 g/mol. The molecule has 5 heteroatoms. The lowest BCUT2D eigenvalue weighted by molar-refractivity contribution is -0.113. The molecule has 4 nitrogen and oxygen atoms in total. The summed E-state index contributed by atoms with van der Waals surface area (Å²) in [6.45, 7) is 8.12. The first kappa shape index (κ1) is 16.6. The van der Waals surface area contributed by atoms with Gasteiger partial charge in [-0.1, -0.05) is 31.1 Å². The van der Waals surface area contributed by atoms with Gasteiger partial charge in [0, 0.05) is 17.0 Å². The molecule has 22 heavy (non-hydrogen) atoms. The van der Waals surface area contributed by atoms with Crippen molar-refractivity contribution in [3.8, 4) is 0 Å². The van der Waals surface area contributed by atoms with Gasteiger partial charge in [-0.15, -0.1) is 11.8 Å². The molecular weight excluding hydrogens is 296 g/mol. The quantitative estimate of drug-likeness (QED) is 0.863. The van der Waals surface area contributed by atoms with E-state index in [9.17, 15) is 4.79 Å². The minimum atomic E-state index is 0.00839. The number of hydrogen-bond donors (Lipinski definition) is 1. The van der Waals surface area contributed by atoms with Crippen LogP contribution in [0.25, 0.3) is 0 Å². The Morgan fingerprint density at radius 3 is 2.50 bits per heavy atom. The van der Waals surface area contributed by atoms with Gasteiger partial charge in [-0.25, -0.2) is 0 Å². The van der Waals surface area contributed by atoms with Crippen molar-refractivity contribution >= 4 is 23.4 Å². The Hall–Kier alpha value is -1.75. The lowest BCUT2D eigenvalue weighted by Gasteiger charge is -2.08. The highest BCUT2D eigenvalue weighted by Gasteiger charge is 2.10. The number of aromatic nitrogens is 1. The van der Waals surface area contributed by atoms with Crippen molar-refractivity contribution in [3.63, 3.8) is 0 Å². The van der Waals surface area contributed by atoms with Gasteiger partial charge in [-0.3, -0.25) is 4.79 Å². The Bertz CT molecular complexity index is 613. The van der Waals surface area contributed by atoms with Gasteiger partial charge in [0.2, 0.25) is 5.91 Å². The third kappa shape index (κ3) is 4.37. The van der Waals surface area contributed by atoms with E-state index in [1.54, 1.807) is 11.8 Å². The van der Waals surface area contributed by atoms with E-state index in [4.69, 9.17) is 4.52 Å². The van der Waals surface area contributed by atoms with Crippen LogP contribution in [0.2, 0.25) is 0 Å². The summed E-state index contributed by atoms with van der Waals surface area (Å²) in [4.78, 5) is 12.0. The lowest BCUT2D eigenvalue weighted by Crippen LogP contribution is -2.14. The SMILES string of the molecule is Cc1noc(C)c1CSCC(=O)Nc1ccc(C(C)C)cc1. The number of nitrogens with one attached hydrogen (secondary N) is 1. The molecule has 0 unspecified atom stereocenters. The Kier molecular flexibility index (Phi) is 5.66. The molecule has 1 heterocycles. The van der Waals surface area contributed by atoms with Crippen molar-refractivity contribution in [2.45, 2.75) is 39.4 Å². The molecule has 0 aliphatic carbocycles. The average molecular weight is 318 g/mol. The van der Waals surface area contributed by atoms with Gasteiger partial charge in [-0.2, -0.15) is 0 Å². The zero-order valence-electron chi connectivity index (χ0n) is 13.5. The zero-order valence-corrected chi connectivity index (χ0v) is 14.3. The van der Waals surface area contributed by atoms with E-state index in [1.807, 2.05) is 26.0 Å². The zero-order chi connectivity index (χ0) is 16.1. The number of carbonyl (C=O) groups is 1. The molecule has 2 rings (SSSR count). The normalized spacial score (nSPS) is 11.0. The maximum absolute atomic E-state index is 12.0. The first-order chi connectivity index (χ1) is 10.5. The molecule has 0 saturated heterocycles. The number of hydrogen-bond acceptors (Lipinski definition) is 4. The molecule has 0 fully saturated rings. The number of thioether (sulfide) groups is 1. The number of carbonyl (C=O) groups excluding carboxylic acids is 1. The second kappa shape index (κ2) is 7.49. The summed E-state index contributed by atoms with van der Waals surface area (Å²) in [6, 6.07) is 8.01. The molecule has 2 aromatic rings. The summed E-state index contributed by atoms with van der Waals surface area (Å²) in [7, 11) is 0. The van der Waals surface area contributed by atoms with Crippen LogP contribution in [0.5, 0.6) is 0 Å². The molecule has 0 bridgehead atoms. The van der Waals surface area contributed by atoms with E-state index < -0.39 is 0 Å². The molecular formula is C17H22N2O2S. The van der Waals surface area contributed by atoms with Crippen LogP contribution in [-0.2, 0) is 10.5 Å². The number of aryl methyl sites for hydroxylation is 2. The van der Waals surface area contributed by atoms with Gasteiger partial charge >= 0.3 is 0 Å². The largest absolute Gasteiger partial charge is 0.361 e. The van der Waals surface area contributed by atoms with E-state index in [2.05, 4.69) is 36.5 Å². The number of nitrogens with zero attached hydrogens (tertiary/aromatic N) is 1.